The minimum atomic E-state index is -0.0376. The molecule has 2 amide bonds. The lowest BCUT2D eigenvalue weighted by atomic mass is 9.81. The van der Waals surface area contributed by atoms with Gasteiger partial charge in [-0.3, -0.25) is 9.59 Å². The SMILES string of the molecule is CCOc1ccccc1NC(=O)C1CCC(C(=O)NCCC(C)C)CC1. The van der Waals surface area contributed by atoms with Gasteiger partial charge in [-0.1, -0.05) is 26.0 Å². The molecule has 0 aliphatic heterocycles. The maximum Gasteiger partial charge on any atom is 0.227 e. The van der Waals surface area contributed by atoms with Crippen molar-refractivity contribution in [2.45, 2.75) is 52.9 Å². The smallest absolute Gasteiger partial charge is 0.227 e. The Hall–Kier alpha value is -2.04. The quantitative estimate of drug-likeness (QED) is 0.736. The normalized spacial score (nSPS) is 19.8. The highest BCUT2D eigenvalue weighted by molar-refractivity contribution is 5.94. The molecule has 0 radical (unpaired) electrons. The second-order valence-corrected chi connectivity index (χ2v) is 7.44. The summed E-state index contributed by atoms with van der Waals surface area (Å²) in [4.78, 5) is 24.8. The second kappa shape index (κ2) is 10.2. The van der Waals surface area contributed by atoms with Crippen molar-refractivity contribution in [3.8, 4) is 5.75 Å². The average molecular weight is 360 g/mol. The Morgan fingerprint density at radius 3 is 2.31 bits per heavy atom. The van der Waals surface area contributed by atoms with Crippen molar-refractivity contribution in [1.82, 2.24) is 5.32 Å². The van der Waals surface area contributed by atoms with Crippen molar-refractivity contribution in [1.29, 1.82) is 0 Å². The minimum Gasteiger partial charge on any atom is -0.492 e. The first-order chi connectivity index (χ1) is 12.5. The molecule has 1 saturated carbocycles. The molecule has 1 fully saturated rings. The van der Waals surface area contributed by atoms with Crippen molar-refractivity contribution in [2.75, 3.05) is 18.5 Å². The molecular formula is C21H32N2O3. The van der Waals surface area contributed by atoms with E-state index in [-0.39, 0.29) is 23.7 Å². The maximum atomic E-state index is 12.6. The largest absolute Gasteiger partial charge is 0.492 e. The van der Waals surface area contributed by atoms with Crippen LogP contribution in [0.4, 0.5) is 5.69 Å². The van der Waals surface area contributed by atoms with E-state index in [0.717, 1.165) is 38.6 Å². The summed E-state index contributed by atoms with van der Waals surface area (Å²) in [5, 5.41) is 6.02. The monoisotopic (exact) mass is 360 g/mol. The van der Waals surface area contributed by atoms with Gasteiger partial charge in [0.1, 0.15) is 5.75 Å². The van der Waals surface area contributed by atoms with Crippen LogP contribution in [-0.2, 0) is 9.59 Å². The van der Waals surface area contributed by atoms with Gasteiger partial charge in [-0.2, -0.15) is 0 Å². The number of amides is 2. The number of hydrogen-bond donors (Lipinski definition) is 2. The topological polar surface area (TPSA) is 67.4 Å². The molecule has 1 aliphatic rings. The number of rotatable bonds is 8. The number of carbonyl (C=O) groups excluding carboxylic acids is 2. The van der Waals surface area contributed by atoms with Gasteiger partial charge < -0.3 is 15.4 Å². The number of carbonyl (C=O) groups is 2. The first-order valence-electron chi connectivity index (χ1n) is 9.81. The van der Waals surface area contributed by atoms with Crippen LogP contribution in [0, 0.1) is 17.8 Å². The zero-order valence-electron chi connectivity index (χ0n) is 16.2. The van der Waals surface area contributed by atoms with Gasteiger partial charge in [-0.15, -0.1) is 0 Å². The highest BCUT2D eigenvalue weighted by atomic mass is 16.5. The molecule has 2 rings (SSSR count). The molecule has 1 aromatic rings. The lowest BCUT2D eigenvalue weighted by molar-refractivity contribution is -0.128. The van der Waals surface area contributed by atoms with Gasteiger partial charge in [0.25, 0.3) is 0 Å². The zero-order valence-corrected chi connectivity index (χ0v) is 16.2. The predicted molar refractivity (Wildman–Crippen MR) is 104 cm³/mol. The lowest BCUT2D eigenvalue weighted by Gasteiger charge is -2.27. The Labute approximate surface area is 156 Å². The van der Waals surface area contributed by atoms with E-state index in [1.165, 1.54) is 0 Å². The van der Waals surface area contributed by atoms with Gasteiger partial charge in [-0.25, -0.2) is 0 Å². The average Bonchev–Trinajstić information content (AvgIpc) is 2.63. The predicted octanol–water partition coefficient (Wildman–Crippen LogP) is 3.99. The number of benzene rings is 1. The standard InChI is InChI=1S/C21H32N2O3/c1-4-26-19-8-6-5-7-18(19)23-21(25)17-11-9-16(10-12-17)20(24)22-14-13-15(2)3/h5-8,15-17H,4,9-14H2,1-3H3,(H,22,24)(H,23,25). The van der Waals surface area contributed by atoms with E-state index in [4.69, 9.17) is 4.74 Å². The van der Waals surface area contributed by atoms with Crippen molar-refractivity contribution in [3.63, 3.8) is 0 Å². The van der Waals surface area contributed by atoms with Gasteiger partial charge in [-0.05, 0) is 57.1 Å². The molecule has 0 saturated heterocycles. The molecule has 0 aromatic heterocycles. The lowest BCUT2D eigenvalue weighted by Crippen LogP contribution is -2.36. The highest BCUT2D eigenvalue weighted by Crippen LogP contribution is 2.31. The molecule has 5 nitrogen and oxygen atoms in total. The fraction of sp³-hybridized carbons (Fsp3) is 0.619. The van der Waals surface area contributed by atoms with Crippen LogP contribution in [0.5, 0.6) is 5.75 Å². The van der Waals surface area contributed by atoms with Gasteiger partial charge in [0, 0.05) is 18.4 Å². The Kier molecular flexibility index (Phi) is 7.95. The summed E-state index contributed by atoms with van der Waals surface area (Å²) in [6, 6.07) is 7.49. The van der Waals surface area contributed by atoms with Crippen LogP contribution in [0.2, 0.25) is 0 Å². The summed E-state index contributed by atoms with van der Waals surface area (Å²) >= 11 is 0. The summed E-state index contributed by atoms with van der Waals surface area (Å²) in [5.41, 5.74) is 0.716. The summed E-state index contributed by atoms with van der Waals surface area (Å²) in [6.45, 7) is 7.53. The Morgan fingerprint density at radius 2 is 1.69 bits per heavy atom. The second-order valence-electron chi connectivity index (χ2n) is 7.44. The third kappa shape index (κ3) is 6.04. The number of hydrogen-bond acceptors (Lipinski definition) is 3. The minimum absolute atomic E-state index is 0.0239. The third-order valence-corrected chi connectivity index (χ3v) is 4.93. The summed E-state index contributed by atoms with van der Waals surface area (Å²) in [6.07, 6.45) is 4.07. The van der Waals surface area contributed by atoms with E-state index in [1.54, 1.807) is 0 Å². The molecular weight excluding hydrogens is 328 g/mol. The van der Waals surface area contributed by atoms with Gasteiger partial charge in [0.2, 0.25) is 11.8 Å². The fourth-order valence-electron chi connectivity index (χ4n) is 3.33. The third-order valence-electron chi connectivity index (χ3n) is 4.93. The number of para-hydroxylation sites is 2. The van der Waals surface area contributed by atoms with Crippen LogP contribution in [0.3, 0.4) is 0 Å². The molecule has 0 bridgehead atoms. The summed E-state index contributed by atoms with van der Waals surface area (Å²) in [7, 11) is 0. The molecule has 2 N–H and O–H groups in total. The molecule has 26 heavy (non-hydrogen) atoms. The molecule has 0 atom stereocenters. The number of nitrogens with one attached hydrogen (secondary N) is 2. The van der Waals surface area contributed by atoms with Crippen LogP contribution in [-0.4, -0.2) is 25.0 Å². The van der Waals surface area contributed by atoms with Crippen LogP contribution in [0.15, 0.2) is 24.3 Å². The fourth-order valence-corrected chi connectivity index (χ4v) is 3.33. The van der Waals surface area contributed by atoms with Crippen LogP contribution >= 0.6 is 0 Å². The Bertz CT molecular complexity index is 593. The van der Waals surface area contributed by atoms with E-state index in [9.17, 15) is 9.59 Å². The molecule has 1 aromatic carbocycles. The Balaban J connectivity index is 1.80. The first kappa shape index (κ1) is 20.3. The van der Waals surface area contributed by atoms with Crippen molar-refractivity contribution >= 4 is 17.5 Å². The zero-order chi connectivity index (χ0) is 18.9. The van der Waals surface area contributed by atoms with Crippen LogP contribution in [0.1, 0.15) is 52.9 Å². The molecule has 0 spiro atoms. The maximum absolute atomic E-state index is 12.6. The summed E-state index contributed by atoms with van der Waals surface area (Å²) in [5.74, 6) is 1.46. The highest BCUT2D eigenvalue weighted by Gasteiger charge is 2.30. The van der Waals surface area contributed by atoms with Crippen LogP contribution in [0.25, 0.3) is 0 Å². The Morgan fingerprint density at radius 1 is 1.08 bits per heavy atom. The van der Waals surface area contributed by atoms with Crippen molar-refractivity contribution < 1.29 is 14.3 Å². The summed E-state index contributed by atoms with van der Waals surface area (Å²) < 4.78 is 5.56. The number of ether oxygens (including phenoxy) is 1. The van der Waals surface area contributed by atoms with E-state index >= 15 is 0 Å². The molecule has 0 heterocycles. The van der Waals surface area contributed by atoms with E-state index in [0.29, 0.717) is 24.0 Å². The van der Waals surface area contributed by atoms with E-state index < -0.39 is 0 Å². The van der Waals surface area contributed by atoms with Crippen molar-refractivity contribution in [3.05, 3.63) is 24.3 Å². The van der Waals surface area contributed by atoms with E-state index in [1.807, 2.05) is 31.2 Å². The molecule has 0 unspecified atom stereocenters. The van der Waals surface area contributed by atoms with Crippen molar-refractivity contribution in [2.24, 2.45) is 17.8 Å². The molecule has 5 heteroatoms. The van der Waals surface area contributed by atoms with Gasteiger partial charge in [0.05, 0.1) is 12.3 Å². The van der Waals surface area contributed by atoms with Gasteiger partial charge in [0.15, 0.2) is 0 Å². The van der Waals surface area contributed by atoms with Crippen LogP contribution < -0.4 is 15.4 Å². The first-order valence-corrected chi connectivity index (χ1v) is 9.81. The molecule has 1 aliphatic carbocycles. The van der Waals surface area contributed by atoms with E-state index in [2.05, 4.69) is 24.5 Å². The van der Waals surface area contributed by atoms with Gasteiger partial charge >= 0.3 is 0 Å². The number of anilines is 1. The molecule has 144 valence electrons.